The van der Waals surface area contributed by atoms with E-state index >= 15 is 0 Å². The van der Waals surface area contributed by atoms with Crippen molar-refractivity contribution in [1.29, 1.82) is 0 Å². The van der Waals surface area contributed by atoms with E-state index in [1.165, 1.54) is 64.2 Å². The van der Waals surface area contributed by atoms with Gasteiger partial charge in [-0.15, -0.1) is 0 Å². The summed E-state index contributed by atoms with van der Waals surface area (Å²) >= 11 is 3.06. The van der Waals surface area contributed by atoms with Crippen LogP contribution in [0.2, 0.25) is 0 Å². The van der Waals surface area contributed by atoms with Gasteiger partial charge in [-0.2, -0.15) is 0 Å². The fraction of sp³-hybridized carbons (Fsp3) is 0.868. The Labute approximate surface area is 326 Å². The number of carboxylic acids is 1. The topological polar surface area (TPSA) is 191 Å². The number of halogens is 1. The normalized spacial score (nSPS) is 11.6. The van der Waals surface area contributed by atoms with E-state index in [-0.39, 0.29) is 55.0 Å². The molecule has 0 aromatic carbocycles. The minimum atomic E-state index is -1.04. The molecule has 1 atom stereocenters. The van der Waals surface area contributed by atoms with E-state index in [9.17, 15) is 29.1 Å². The number of carboxylic acid groups (broad SMARTS) is 1. The van der Waals surface area contributed by atoms with Crippen molar-refractivity contribution >= 4 is 45.5 Å². The molecular weight excluding hydrogens is 752 g/mol. The first kappa shape index (κ1) is 50.7. The Hall–Kier alpha value is -2.33. The van der Waals surface area contributed by atoms with E-state index in [0.717, 1.165) is 19.3 Å². The van der Waals surface area contributed by atoms with Crippen LogP contribution in [0.1, 0.15) is 129 Å². The molecule has 4 amide bonds. The molecule has 0 bridgehead atoms. The van der Waals surface area contributed by atoms with Crippen LogP contribution in [0.25, 0.3) is 0 Å². The summed E-state index contributed by atoms with van der Waals surface area (Å²) in [6, 6.07) is -0.915. The average Bonchev–Trinajstić information content (AvgIpc) is 3.14. The zero-order valence-electron chi connectivity index (χ0n) is 32.5. The lowest BCUT2D eigenvalue weighted by molar-refractivity contribution is -0.142. The Balaban J connectivity index is 3.60. The molecule has 0 aliphatic rings. The zero-order chi connectivity index (χ0) is 39.0. The summed E-state index contributed by atoms with van der Waals surface area (Å²) < 4.78 is 21.5. The predicted molar refractivity (Wildman–Crippen MR) is 209 cm³/mol. The second kappa shape index (κ2) is 39.4. The summed E-state index contributed by atoms with van der Waals surface area (Å²) in [5, 5.41) is 20.6. The molecule has 0 radical (unpaired) electrons. The number of hydrogen-bond acceptors (Lipinski definition) is 9. The van der Waals surface area contributed by atoms with Crippen molar-refractivity contribution in [3.63, 3.8) is 0 Å². The summed E-state index contributed by atoms with van der Waals surface area (Å²) in [5.41, 5.74) is 0. The first-order chi connectivity index (χ1) is 25.8. The highest BCUT2D eigenvalue weighted by Crippen LogP contribution is 2.13. The van der Waals surface area contributed by atoms with Gasteiger partial charge in [-0.3, -0.25) is 19.2 Å². The first-order valence-electron chi connectivity index (χ1n) is 20.0. The molecule has 0 unspecified atom stereocenters. The molecular formula is C38H71BrN4O10. The molecule has 310 valence electrons. The molecule has 0 spiro atoms. The molecule has 0 aliphatic carbocycles. The number of ether oxygens (including phenoxy) is 4. The first-order valence-corrected chi connectivity index (χ1v) is 21.1. The van der Waals surface area contributed by atoms with Crippen LogP contribution in [0.5, 0.6) is 0 Å². The number of amides is 4. The molecule has 0 rings (SSSR count). The van der Waals surface area contributed by atoms with Gasteiger partial charge in [-0.25, -0.2) is 4.79 Å². The standard InChI is InChI=1S/C38H71BrN4O10/c1-2-3-4-5-6-7-8-9-10-11-12-13-14-18-36(46)43-33(38(48)49)17-15-16-21-40-34(44)19-24-50-28-30-52-26-22-41-35(45)20-25-51-29-31-53-27-23-42-37(47)32-39/h33H,2-32H2,1H3,(H,40,44)(H,41,45)(H,42,47)(H,43,46)(H,48,49)/t33-/m0/s1. The maximum Gasteiger partial charge on any atom is 0.326 e. The summed E-state index contributed by atoms with van der Waals surface area (Å²) in [6.07, 6.45) is 18.3. The minimum absolute atomic E-state index is 0.0957. The quantitative estimate of drug-likeness (QED) is 0.0424. The van der Waals surface area contributed by atoms with Crippen molar-refractivity contribution in [3.8, 4) is 0 Å². The lowest BCUT2D eigenvalue weighted by Gasteiger charge is -2.14. The zero-order valence-corrected chi connectivity index (χ0v) is 34.1. The van der Waals surface area contributed by atoms with Gasteiger partial charge in [0.2, 0.25) is 23.6 Å². The number of nitrogens with one attached hydrogen (secondary N) is 4. The highest BCUT2D eigenvalue weighted by molar-refractivity contribution is 9.09. The van der Waals surface area contributed by atoms with Crippen molar-refractivity contribution in [2.75, 3.05) is 77.8 Å². The van der Waals surface area contributed by atoms with Crippen LogP contribution >= 0.6 is 15.9 Å². The van der Waals surface area contributed by atoms with E-state index in [1.54, 1.807) is 0 Å². The van der Waals surface area contributed by atoms with Gasteiger partial charge in [-0.1, -0.05) is 99.9 Å². The second-order valence-corrected chi connectivity index (χ2v) is 13.6. The van der Waals surface area contributed by atoms with Gasteiger partial charge in [0.05, 0.1) is 58.2 Å². The average molecular weight is 824 g/mol. The minimum Gasteiger partial charge on any atom is -0.480 e. The molecule has 0 aromatic heterocycles. The summed E-state index contributed by atoms with van der Waals surface area (Å²) in [7, 11) is 0. The Morgan fingerprint density at radius 1 is 0.491 bits per heavy atom. The van der Waals surface area contributed by atoms with Crippen LogP contribution in [0, 0.1) is 0 Å². The Morgan fingerprint density at radius 2 is 0.925 bits per heavy atom. The van der Waals surface area contributed by atoms with Gasteiger partial charge in [0.15, 0.2) is 0 Å². The maximum absolute atomic E-state index is 12.3. The van der Waals surface area contributed by atoms with Crippen molar-refractivity contribution in [1.82, 2.24) is 21.3 Å². The molecule has 53 heavy (non-hydrogen) atoms. The monoisotopic (exact) mass is 822 g/mol. The molecule has 0 saturated carbocycles. The smallest absolute Gasteiger partial charge is 0.326 e. The van der Waals surface area contributed by atoms with E-state index in [2.05, 4.69) is 44.1 Å². The SMILES string of the molecule is CCCCCCCCCCCCCCCC(=O)N[C@@H](CCCCNC(=O)CCOCCOCCNC(=O)CCOCCOCCNC(=O)CBr)C(=O)O. The van der Waals surface area contributed by atoms with Crippen LogP contribution in [-0.4, -0.2) is 119 Å². The number of unbranched alkanes of at least 4 members (excludes halogenated alkanes) is 13. The third-order valence-electron chi connectivity index (χ3n) is 8.33. The number of hydrogen-bond donors (Lipinski definition) is 5. The maximum atomic E-state index is 12.3. The molecule has 0 saturated heterocycles. The fourth-order valence-electron chi connectivity index (χ4n) is 5.25. The molecule has 14 nitrogen and oxygen atoms in total. The van der Waals surface area contributed by atoms with Crippen molar-refractivity contribution in [2.45, 2.75) is 135 Å². The van der Waals surface area contributed by atoms with Gasteiger partial charge < -0.3 is 45.3 Å². The van der Waals surface area contributed by atoms with Crippen molar-refractivity contribution in [2.24, 2.45) is 0 Å². The predicted octanol–water partition coefficient (Wildman–Crippen LogP) is 4.80. The number of aliphatic carboxylic acids is 1. The van der Waals surface area contributed by atoms with Gasteiger partial charge in [0.1, 0.15) is 6.04 Å². The molecule has 0 heterocycles. The number of carbonyl (C=O) groups excluding carboxylic acids is 4. The van der Waals surface area contributed by atoms with Crippen LogP contribution in [-0.2, 0) is 42.9 Å². The highest BCUT2D eigenvalue weighted by atomic mass is 79.9. The third kappa shape index (κ3) is 37.8. The van der Waals surface area contributed by atoms with Gasteiger partial charge in [-0.05, 0) is 25.7 Å². The fourth-order valence-corrected chi connectivity index (χ4v) is 5.45. The van der Waals surface area contributed by atoms with E-state index < -0.39 is 12.0 Å². The Kier molecular flexibility index (Phi) is 37.6. The summed E-state index contributed by atoms with van der Waals surface area (Å²) in [4.78, 5) is 58.9. The van der Waals surface area contributed by atoms with Crippen LogP contribution in [0.4, 0.5) is 0 Å². The van der Waals surface area contributed by atoms with Crippen molar-refractivity contribution < 1.29 is 48.0 Å². The number of alkyl halides is 1. The van der Waals surface area contributed by atoms with Gasteiger partial charge in [0.25, 0.3) is 0 Å². The van der Waals surface area contributed by atoms with Crippen LogP contribution in [0.15, 0.2) is 0 Å². The lowest BCUT2D eigenvalue weighted by Crippen LogP contribution is -2.40. The van der Waals surface area contributed by atoms with Crippen LogP contribution < -0.4 is 21.3 Å². The van der Waals surface area contributed by atoms with E-state index in [4.69, 9.17) is 18.9 Å². The molecule has 0 aromatic rings. The van der Waals surface area contributed by atoms with E-state index in [0.29, 0.717) is 85.0 Å². The highest BCUT2D eigenvalue weighted by Gasteiger charge is 2.19. The van der Waals surface area contributed by atoms with Gasteiger partial charge in [0, 0.05) is 38.9 Å². The van der Waals surface area contributed by atoms with Crippen molar-refractivity contribution in [3.05, 3.63) is 0 Å². The molecule has 0 fully saturated rings. The second-order valence-electron chi connectivity index (χ2n) is 13.1. The summed E-state index contributed by atoms with van der Waals surface area (Å²) in [5.74, 6) is -1.64. The molecule has 5 N–H and O–H groups in total. The molecule has 15 heteroatoms. The third-order valence-corrected chi connectivity index (χ3v) is 8.84. The molecule has 0 aliphatic heterocycles. The Bertz CT molecular complexity index is 931. The van der Waals surface area contributed by atoms with Crippen LogP contribution in [0.3, 0.4) is 0 Å². The largest absolute Gasteiger partial charge is 0.480 e. The number of carbonyl (C=O) groups is 5. The number of rotatable bonds is 40. The lowest BCUT2D eigenvalue weighted by atomic mass is 10.0. The summed E-state index contributed by atoms with van der Waals surface area (Å²) in [6.45, 7) is 6.12. The van der Waals surface area contributed by atoms with E-state index in [1.807, 2.05) is 0 Å². The Morgan fingerprint density at radius 3 is 1.40 bits per heavy atom. The van der Waals surface area contributed by atoms with Gasteiger partial charge >= 0.3 is 5.97 Å².